The van der Waals surface area contributed by atoms with Crippen LogP contribution in [-0.4, -0.2) is 19.1 Å². The minimum atomic E-state index is 0.822. The Balaban J connectivity index is 1.86. The molecule has 18 heavy (non-hydrogen) atoms. The van der Waals surface area contributed by atoms with Crippen LogP contribution < -0.4 is 11.1 Å². The Bertz CT molecular complexity index is 162. The number of nitrogens with one attached hydrogen (secondary N) is 1. The topological polar surface area (TPSA) is 38.0 Å². The van der Waals surface area contributed by atoms with Crippen molar-refractivity contribution in [1.82, 2.24) is 5.32 Å². The van der Waals surface area contributed by atoms with Crippen molar-refractivity contribution in [2.75, 3.05) is 13.1 Å². The molecular weight excluding hydrogens is 220 g/mol. The maximum absolute atomic E-state index is 5.49. The summed E-state index contributed by atoms with van der Waals surface area (Å²) in [6.07, 6.45) is 18.2. The first kappa shape index (κ1) is 16.0. The highest BCUT2D eigenvalue weighted by Gasteiger charge is 2.09. The quantitative estimate of drug-likeness (QED) is 0.611. The molecule has 108 valence electrons. The summed E-state index contributed by atoms with van der Waals surface area (Å²) in [5.41, 5.74) is 5.49. The molecule has 0 spiro atoms. The lowest BCUT2D eigenvalue weighted by Gasteiger charge is -2.21. The second-order valence-electron chi connectivity index (χ2n) is 5.91. The lowest BCUT2D eigenvalue weighted by atomic mass is 9.96. The number of hydrogen-bond donors (Lipinski definition) is 2. The molecular formula is C16H34N2. The monoisotopic (exact) mass is 254 g/mol. The fourth-order valence-corrected chi connectivity index (χ4v) is 2.94. The fourth-order valence-electron chi connectivity index (χ4n) is 2.94. The van der Waals surface area contributed by atoms with Crippen molar-refractivity contribution >= 4 is 0 Å². The molecule has 2 heteroatoms. The number of hydrogen-bond acceptors (Lipinski definition) is 2. The van der Waals surface area contributed by atoms with Gasteiger partial charge in [-0.1, -0.05) is 57.8 Å². The van der Waals surface area contributed by atoms with Crippen molar-refractivity contribution in [2.45, 2.75) is 89.5 Å². The first-order chi connectivity index (χ1) is 8.93. The Hall–Kier alpha value is -0.0800. The van der Waals surface area contributed by atoms with Crippen LogP contribution in [0.5, 0.6) is 0 Å². The van der Waals surface area contributed by atoms with Gasteiger partial charge >= 0.3 is 0 Å². The van der Waals surface area contributed by atoms with E-state index in [-0.39, 0.29) is 0 Å². The SMILES string of the molecule is NCCCCCCCCNC1CCCCCCC1. The second-order valence-corrected chi connectivity index (χ2v) is 5.91. The van der Waals surface area contributed by atoms with Crippen LogP contribution in [0.15, 0.2) is 0 Å². The van der Waals surface area contributed by atoms with Gasteiger partial charge in [0.2, 0.25) is 0 Å². The molecule has 0 aromatic rings. The number of unbranched alkanes of at least 4 members (excludes halogenated alkanes) is 5. The minimum Gasteiger partial charge on any atom is -0.330 e. The molecule has 1 rings (SSSR count). The summed E-state index contributed by atoms with van der Waals surface area (Å²) >= 11 is 0. The van der Waals surface area contributed by atoms with Crippen molar-refractivity contribution in [1.29, 1.82) is 0 Å². The maximum Gasteiger partial charge on any atom is 0.00670 e. The molecule has 1 saturated carbocycles. The van der Waals surface area contributed by atoms with Gasteiger partial charge in [-0.15, -0.1) is 0 Å². The van der Waals surface area contributed by atoms with Crippen LogP contribution in [0.4, 0.5) is 0 Å². The van der Waals surface area contributed by atoms with Gasteiger partial charge in [0.15, 0.2) is 0 Å². The average molecular weight is 254 g/mol. The summed E-state index contributed by atoms with van der Waals surface area (Å²) in [5.74, 6) is 0. The third-order valence-electron chi connectivity index (χ3n) is 4.17. The zero-order valence-electron chi connectivity index (χ0n) is 12.3. The Morgan fingerprint density at radius 1 is 0.722 bits per heavy atom. The Morgan fingerprint density at radius 2 is 1.28 bits per heavy atom. The van der Waals surface area contributed by atoms with Crippen LogP contribution in [0.2, 0.25) is 0 Å². The molecule has 0 atom stereocenters. The van der Waals surface area contributed by atoms with E-state index in [1.807, 2.05) is 0 Å². The van der Waals surface area contributed by atoms with Crippen molar-refractivity contribution in [3.63, 3.8) is 0 Å². The molecule has 1 aliphatic carbocycles. The first-order valence-corrected chi connectivity index (χ1v) is 8.37. The lowest BCUT2D eigenvalue weighted by molar-refractivity contribution is 0.385. The van der Waals surface area contributed by atoms with Crippen molar-refractivity contribution in [3.05, 3.63) is 0 Å². The third kappa shape index (κ3) is 8.93. The van der Waals surface area contributed by atoms with E-state index in [1.165, 1.54) is 90.0 Å². The van der Waals surface area contributed by atoms with Crippen LogP contribution in [0, 0.1) is 0 Å². The van der Waals surface area contributed by atoms with E-state index in [4.69, 9.17) is 5.73 Å². The molecule has 0 bridgehead atoms. The highest BCUT2D eigenvalue weighted by atomic mass is 14.9. The molecule has 3 N–H and O–H groups in total. The zero-order valence-corrected chi connectivity index (χ0v) is 12.3. The normalized spacial score (nSPS) is 18.5. The Labute approximate surface area is 114 Å². The first-order valence-electron chi connectivity index (χ1n) is 8.37. The highest BCUT2D eigenvalue weighted by molar-refractivity contribution is 4.69. The van der Waals surface area contributed by atoms with E-state index in [1.54, 1.807) is 0 Å². The van der Waals surface area contributed by atoms with Gasteiger partial charge in [-0.25, -0.2) is 0 Å². The molecule has 1 fully saturated rings. The summed E-state index contributed by atoms with van der Waals surface area (Å²) in [7, 11) is 0. The number of nitrogens with two attached hydrogens (primary N) is 1. The summed E-state index contributed by atoms with van der Waals surface area (Å²) in [5, 5.41) is 3.77. The fraction of sp³-hybridized carbons (Fsp3) is 1.00. The molecule has 2 nitrogen and oxygen atoms in total. The molecule has 0 radical (unpaired) electrons. The molecule has 0 aromatic carbocycles. The summed E-state index contributed by atoms with van der Waals surface area (Å²) in [4.78, 5) is 0. The molecule has 0 unspecified atom stereocenters. The molecule has 0 aromatic heterocycles. The zero-order chi connectivity index (χ0) is 12.9. The van der Waals surface area contributed by atoms with Crippen LogP contribution in [0.25, 0.3) is 0 Å². The van der Waals surface area contributed by atoms with Crippen molar-refractivity contribution in [2.24, 2.45) is 5.73 Å². The Morgan fingerprint density at radius 3 is 1.94 bits per heavy atom. The van der Waals surface area contributed by atoms with Crippen LogP contribution in [-0.2, 0) is 0 Å². The van der Waals surface area contributed by atoms with E-state index in [9.17, 15) is 0 Å². The van der Waals surface area contributed by atoms with Gasteiger partial charge in [0.25, 0.3) is 0 Å². The van der Waals surface area contributed by atoms with E-state index in [2.05, 4.69) is 5.32 Å². The van der Waals surface area contributed by atoms with E-state index in [0.717, 1.165) is 12.6 Å². The maximum atomic E-state index is 5.49. The lowest BCUT2D eigenvalue weighted by Crippen LogP contribution is -2.30. The third-order valence-corrected chi connectivity index (χ3v) is 4.17. The van der Waals surface area contributed by atoms with Crippen molar-refractivity contribution in [3.8, 4) is 0 Å². The van der Waals surface area contributed by atoms with Gasteiger partial charge in [0, 0.05) is 6.04 Å². The van der Waals surface area contributed by atoms with Gasteiger partial charge in [-0.05, 0) is 38.8 Å². The molecule has 0 amide bonds. The van der Waals surface area contributed by atoms with Gasteiger partial charge < -0.3 is 11.1 Å². The second kappa shape index (κ2) is 12.0. The predicted molar refractivity (Wildman–Crippen MR) is 80.9 cm³/mol. The average Bonchev–Trinajstić information content (AvgIpc) is 2.34. The van der Waals surface area contributed by atoms with E-state index >= 15 is 0 Å². The Kier molecular flexibility index (Phi) is 10.6. The van der Waals surface area contributed by atoms with Crippen LogP contribution >= 0.6 is 0 Å². The minimum absolute atomic E-state index is 0.822. The molecule has 1 aliphatic rings. The number of rotatable bonds is 9. The summed E-state index contributed by atoms with van der Waals surface area (Å²) in [6, 6.07) is 0.822. The highest BCUT2D eigenvalue weighted by Crippen LogP contribution is 2.17. The van der Waals surface area contributed by atoms with E-state index < -0.39 is 0 Å². The summed E-state index contributed by atoms with van der Waals surface area (Å²) in [6.45, 7) is 2.10. The van der Waals surface area contributed by atoms with Gasteiger partial charge in [-0.2, -0.15) is 0 Å². The molecule has 0 aliphatic heterocycles. The molecule has 0 heterocycles. The van der Waals surface area contributed by atoms with Crippen LogP contribution in [0.1, 0.15) is 83.5 Å². The van der Waals surface area contributed by atoms with Crippen molar-refractivity contribution < 1.29 is 0 Å². The van der Waals surface area contributed by atoms with Gasteiger partial charge in [0.05, 0.1) is 0 Å². The predicted octanol–water partition coefficient (Wildman–Crippen LogP) is 3.99. The standard InChI is InChI=1S/C16H34N2/c17-14-10-6-1-2-7-11-15-18-16-12-8-4-3-5-9-13-16/h16,18H,1-15,17H2. The smallest absolute Gasteiger partial charge is 0.00670 e. The van der Waals surface area contributed by atoms with Crippen LogP contribution in [0.3, 0.4) is 0 Å². The molecule has 0 saturated heterocycles. The summed E-state index contributed by atoms with van der Waals surface area (Å²) < 4.78 is 0. The van der Waals surface area contributed by atoms with E-state index in [0.29, 0.717) is 0 Å². The van der Waals surface area contributed by atoms with Gasteiger partial charge in [0.1, 0.15) is 0 Å². The van der Waals surface area contributed by atoms with Gasteiger partial charge in [-0.3, -0.25) is 0 Å². The largest absolute Gasteiger partial charge is 0.330 e.